The molecular formula is C18H18N2O4. The van der Waals surface area contributed by atoms with Crippen LogP contribution in [0.25, 0.3) is 10.9 Å². The van der Waals surface area contributed by atoms with Crippen molar-refractivity contribution in [3.8, 4) is 0 Å². The highest BCUT2D eigenvalue weighted by atomic mass is 16.4. The summed E-state index contributed by atoms with van der Waals surface area (Å²) in [7, 11) is 1.86. The first-order valence-corrected chi connectivity index (χ1v) is 7.79. The van der Waals surface area contributed by atoms with Crippen molar-refractivity contribution in [3.05, 3.63) is 48.2 Å². The number of likely N-dealkylation sites (tertiary alicyclic amines) is 1. The molecule has 1 N–H and O–H groups in total. The number of para-hydroxylation sites is 1. The third-order valence-corrected chi connectivity index (χ3v) is 4.36. The Bertz CT molecular complexity index is 850. The summed E-state index contributed by atoms with van der Waals surface area (Å²) in [6.45, 7) is 0.405. The van der Waals surface area contributed by atoms with E-state index in [1.807, 2.05) is 35.9 Å². The molecule has 1 saturated heterocycles. The number of carboxylic acid groups (broad SMARTS) is 1. The van der Waals surface area contributed by atoms with E-state index < -0.39 is 17.9 Å². The Hall–Kier alpha value is -2.89. The first-order valence-electron chi connectivity index (χ1n) is 7.79. The second-order valence-electron chi connectivity index (χ2n) is 5.90. The number of hydrogen-bond donors (Lipinski definition) is 1. The molecule has 0 radical (unpaired) electrons. The maximum absolute atomic E-state index is 12.4. The number of carbonyl (C=O) groups excluding carboxylic acids is 2. The van der Waals surface area contributed by atoms with E-state index in [2.05, 4.69) is 0 Å². The predicted molar refractivity (Wildman–Crippen MR) is 88.8 cm³/mol. The van der Waals surface area contributed by atoms with Gasteiger partial charge in [0, 0.05) is 42.3 Å². The van der Waals surface area contributed by atoms with Crippen LogP contribution in [-0.4, -0.2) is 44.8 Å². The quantitative estimate of drug-likeness (QED) is 0.688. The Labute approximate surface area is 139 Å². The van der Waals surface area contributed by atoms with Gasteiger partial charge in [0.25, 0.3) is 0 Å². The van der Waals surface area contributed by atoms with E-state index in [0.29, 0.717) is 24.9 Å². The molecule has 6 nitrogen and oxygen atoms in total. The van der Waals surface area contributed by atoms with E-state index in [-0.39, 0.29) is 5.78 Å². The molecule has 0 spiro atoms. The Morgan fingerprint density at radius 2 is 1.96 bits per heavy atom. The van der Waals surface area contributed by atoms with Gasteiger partial charge in [-0.2, -0.15) is 0 Å². The molecule has 124 valence electrons. The molecule has 1 aromatic heterocycles. The number of aromatic nitrogens is 1. The number of carboxylic acids is 1. The van der Waals surface area contributed by atoms with E-state index in [4.69, 9.17) is 5.11 Å². The van der Waals surface area contributed by atoms with Crippen LogP contribution in [0.5, 0.6) is 0 Å². The minimum atomic E-state index is -1.00. The van der Waals surface area contributed by atoms with E-state index in [1.165, 1.54) is 17.1 Å². The number of ketones is 1. The van der Waals surface area contributed by atoms with Crippen LogP contribution in [0.2, 0.25) is 0 Å². The highest BCUT2D eigenvalue weighted by Crippen LogP contribution is 2.21. The second kappa shape index (κ2) is 6.31. The summed E-state index contributed by atoms with van der Waals surface area (Å²) in [5, 5.41) is 9.95. The van der Waals surface area contributed by atoms with Gasteiger partial charge in [0.1, 0.15) is 6.04 Å². The highest BCUT2D eigenvalue weighted by molar-refractivity contribution is 6.15. The zero-order chi connectivity index (χ0) is 17.3. The standard InChI is InChI=1S/C18H18N2O4/c1-19-11-13(12-5-2-3-6-14(12)19)16(21)8-9-17(22)20-10-4-7-15(20)18(23)24/h2-3,5-6,8-9,11,15H,4,7,10H2,1H3,(H,23,24)/b9-8+/t15-/m0/s1. The highest BCUT2D eigenvalue weighted by Gasteiger charge is 2.32. The molecule has 1 fully saturated rings. The lowest BCUT2D eigenvalue weighted by atomic mass is 10.1. The average Bonchev–Trinajstić information content (AvgIpc) is 3.18. The lowest BCUT2D eigenvalue weighted by molar-refractivity contribution is -0.146. The third-order valence-electron chi connectivity index (χ3n) is 4.36. The second-order valence-corrected chi connectivity index (χ2v) is 5.90. The van der Waals surface area contributed by atoms with Crippen LogP contribution < -0.4 is 0 Å². The van der Waals surface area contributed by atoms with Crippen molar-refractivity contribution in [2.75, 3.05) is 6.54 Å². The molecule has 2 heterocycles. The fraction of sp³-hybridized carbons (Fsp3) is 0.278. The van der Waals surface area contributed by atoms with Gasteiger partial charge in [-0.3, -0.25) is 9.59 Å². The van der Waals surface area contributed by atoms with Crippen LogP contribution >= 0.6 is 0 Å². The van der Waals surface area contributed by atoms with Gasteiger partial charge < -0.3 is 14.6 Å². The normalized spacial score (nSPS) is 17.7. The number of amides is 1. The number of fused-ring (bicyclic) bond motifs is 1. The van der Waals surface area contributed by atoms with Gasteiger partial charge in [-0.15, -0.1) is 0 Å². The predicted octanol–water partition coefficient (Wildman–Crippen LogP) is 1.99. The minimum absolute atomic E-state index is 0.272. The fourth-order valence-electron chi connectivity index (χ4n) is 3.16. The zero-order valence-electron chi connectivity index (χ0n) is 13.3. The largest absolute Gasteiger partial charge is 0.480 e. The molecule has 0 bridgehead atoms. The molecule has 0 unspecified atom stereocenters. The molecule has 24 heavy (non-hydrogen) atoms. The summed E-state index contributed by atoms with van der Waals surface area (Å²) in [6.07, 6.45) is 5.24. The number of allylic oxidation sites excluding steroid dienone is 1. The number of carbonyl (C=O) groups is 3. The smallest absolute Gasteiger partial charge is 0.326 e. The monoisotopic (exact) mass is 326 g/mol. The topological polar surface area (TPSA) is 79.6 Å². The van der Waals surface area contributed by atoms with Crippen molar-refractivity contribution < 1.29 is 19.5 Å². The molecular weight excluding hydrogens is 308 g/mol. The van der Waals surface area contributed by atoms with Gasteiger partial charge in [0.15, 0.2) is 5.78 Å². The number of benzene rings is 1. The Balaban J connectivity index is 1.80. The summed E-state index contributed by atoms with van der Waals surface area (Å²) in [5.41, 5.74) is 1.46. The van der Waals surface area contributed by atoms with E-state index in [9.17, 15) is 14.4 Å². The van der Waals surface area contributed by atoms with Gasteiger partial charge in [-0.1, -0.05) is 18.2 Å². The molecule has 1 aliphatic rings. The average molecular weight is 326 g/mol. The van der Waals surface area contributed by atoms with Crippen LogP contribution in [0.3, 0.4) is 0 Å². The number of aryl methyl sites for hydroxylation is 1. The number of hydrogen-bond acceptors (Lipinski definition) is 3. The van der Waals surface area contributed by atoms with Crippen molar-refractivity contribution in [1.29, 1.82) is 0 Å². The maximum Gasteiger partial charge on any atom is 0.326 e. The molecule has 3 rings (SSSR count). The lowest BCUT2D eigenvalue weighted by Gasteiger charge is -2.19. The SMILES string of the molecule is Cn1cc(C(=O)/C=C/C(=O)N2CCC[C@H]2C(=O)O)c2ccccc21. The van der Waals surface area contributed by atoms with E-state index >= 15 is 0 Å². The van der Waals surface area contributed by atoms with Crippen LogP contribution in [0.15, 0.2) is 42.6 Å². The van der Waals surface area contributed by atoms with Crippen molar-refractivity contribution in [1.82, 2.24) is 9.47 Å². The Morgan fingerprint density at radius 1 is 1.21 bits per heavy atom. The molecule has 0 aliphatic carbocycles. The molecule has 6 heteroatoms. The van der Waals surface area contributed by atoms with E-state index in [1.54, 1.807) is 6.20 Å². The van der Waals surface area contributed by atoms with Gasteiger partial charge in [-0.25, -0.2) is 4.79 Å². The number of nitrogens with zero attached hydrogens (tertiary/aromatic N) is 2. The van der Waals surface area contributed by atoms with E-state index in [0.717, 1.165) is 10.9 Å². The van der Waals surface area contributed by atoms with Gasteiger partial charge in [0.05, 0.1) is 0 Å². The zero-order valence-corrected chi connectivity index (χ0v) is 13.3. The van der Waals surface area contributed by atoms with Crippen LogP contribution in [-0.2, 0) is 16.6 Å². The number of aliphatic carboxylic acids is 1. The molecule has 1 aliphatic heterocycles. The summed E-state index contributed by atoms with van der Waals surface area (Å²) < 4.78 is 1.86. The third kappa shape index (κ3) is 2.82. The maximum atomic E-state index is 12.4. The van der Waals surface area contributed by atoms with Crippen molar-refractivity contribution >= 4 is 28.6 Å². The molecule has 1 aromatic carbocycles. The van der Waals surface area contributed by atoms with Crippen molar-refractivity contribution in [2.24, 2.45) is 7.05 Å². The Morgan fingerprint density at radius 3 is 2.71 bits per heavy atom. The molecule has 1 atom stereocenters. The van der Waals surface area contributed by atoms with Crippen LogP contribution in [0.4, 0.5) is 0 Å². The Kier molecular flexibility index (Phi) is 4.20. The van der Waals surface area contributed by atoms with Gasteiger partial charge in [-0.05, 0) is 25.0 Å². The van der Waals surface area contributed by atoms with Gasteiger partial charge in [0.2, 0.25) is 5.91 Å². The van der Waals surface area contributed by atoms with Gasteiger partial charge >= 0.3 is 5.97 Å². The first kappa shape index (κ1) is 16.0. The summed E-state index contributed by atoms with van der Waals surface area (Å²) in [6, 6.07) is 6.74. The summed E-state index contributed by atoms with van der Waals surface area (Å²) in [4.78, 5) is 37.0. The summed E-state index contributed by atoms with van der Waals surface area (Å²) in [5.74, 6) is -1.71. The molecule has 1 amide bonds. The first-order chi connectivity index (χ1) is 11.5. The molecule has 2 aromatic rings. The number of rotatable bonds is 4. The van der Waals surface area contributed by atoms with Crippen LogP contribution in [0, 0.1) is 0 Å². The van der Waals surface area contributed by atoms with Crippen LogP contribution in [0.1, 0.15) is 23.2 Å². The molecule has 0 saturated carbocycles. The van der Waals surface area contributed by atoms with Crippen molar-refractivity contribution in [3.63, 3.8) is 0 Å². The fourth-order valence-corrected chi connectivity index (χ4v) is 3.16. The lowest BCUT2D eigenvalue weighted by Crippen LogP contribution is -2.39. The van der Waals surface area contributed by atoms with Crippen molar-refractivity contribution in [2.45, 2.75) is 18.9 Å². The summed E-state index contributed by atoms with van der Waals surface area (Å²) >= 11 is 0. The minimum Gasteiger partial charge on any atom is -0.480 e.